The second kappa shape index (κ2) is 8.32. The zero-order chi connectivity index (χ0) is 21.3. The lowest BCUT2D eigenvalue weighted by atomic mass is 10.1. The zero-order valence-corrected chi connectivity index (χ0v) is 17.0. The van der Waals surface area contributed by atoms with E-state index >= 15 is 0 Å². The number of carbonyl (C=O) groups is 1. The number of benzene rings is 2. The first-order valence-corrected chi connectivity index (χ1v) is 9.78. The maximum absolute atomic E-state index is 13.7. The first-order valence-electron chi connectivity index (χ1n) is 9.40. The van der Waals surface area contributed by atoms with Gasteiger partial charge in [-0.2, -0.15) is 0 Å². The van der Waals surface area contributed by atoms with Gasteiger partial charge >= 0.3 is 0 Å². The third kappa shape index (κ3) is 4.24. The van der Waals surface area contributed by atoms with Gasteiger partial charge in [0.2, 0.25) is 5.91 Å². The second-order valence-electron chi connectivity index (χ2n) is 7.10. The number of hydrogen-bond donors (Lipinski definition) is 0. The number of aromatic nitrogens is 1. The molecule has 30 heavy (non-hydrogen) atoms. The Bertz CT molecular complexity index is 1180. The fraction of sp³-hybridized carbons (Fsp3) is 0.174. The Balaban J connectivity index is 1.40. The summed E-state index contributed by atoms with van der Waals surface area (Å²) in [4.78, 5) is 13.7. The van der Waals surface area contributed by atoms with Crippen molar-refractivity contribution in [2.45, 2.75) is 20.1 Å². The Hall–Kier alpha value is -3.12. The van der Waals surface area contributed by atoms with Crippen LogP contribution in [0.15, 0.2) is 71.7 Å². The normalized spacial score (nSPS) is 13.9. The van der Waals surface area contributed by atoms with Crippen molar-refractivity contribution in [2.24, 2.45) is 0 Å². The number of carbonyl (C=O) groups excluding carboxylic acids is 1. The van der Waals surface area contributed by atoms with Crippen LogP contribution < -0.4 is 0 Å². The summed E-state index contributed by atoms with van der Waals surface area (Å²) in [7, 11) is 0. The largest absolute Gasteiger partial charge is 0.487 e. The predicted octanol–water partition coefficient (Wildman–Crippen LogP) is 5.58. The number of rotatable bonds is 5. The predicted molar refractivity (Wildman–Crippen MR) is 112 cm³/mol. The van der Waals surface area contributed by atoms with Gasteiger partial charge in [-0.1, -0.05) is 17.7 Å². The van der Waals surface area contributed by atoms with Crippen LogP contribution in [0.2, 0.25) is 0 Å². The monoisotopic (exact) mass is 428 g/mol. The smallest absolute Gasteiger partial charge is 0.227 e. The van der Waals surface area contributed by atoms with Crippen molar-refractivity contribution in [2.75, 3.05) is 6.54 Å². The minimum absolute atomic E-state index is 0.0262. The molecule has 0 amide bonds. The molecule has 1 aromatic heterocycles. The summed E-state index contributed by atoms with van der Waals surface area (Å²) in [5, 5.41) is 1.41. The third-order valence-corrected chi connectivity index (χ3v) is 5.20. The molecule has 4 rings (SSSR count). The average molecular weight is 429 g/mol. The number of allylic oxidation sites excluding steroid dienone is 1. The molecule has 1 aliphatic heterocycles. The van der Waals surface area contributed by atoms with E-state index in [2.05, 4.69) is 0 Å². The molecule has 0 N–H and O–H groups in total. The maximum atomic E-state index is 13.7. The lowest BCUT2D eigenvalue weighted by Crippen LogP contribution is -2.21. The Morgan fingerprint density at radius 2 is 2.00 bits per heavy atom. The van der Waals surface area contributed by atoms with Crippen molar-refractivity contribution in [3.63, 3.8) is 0 Å². The minimum Gasteiger partial charge on any atom is -0.487 e. The van der Waals surface area contributed by atoms with Crippen LogP contribution in [0, 0.1) is 11.6 Å². The summed E-state index contributed by atoms with van der Waals surface area (Å²) in [5.74, 6) is -0.841. The number of nitrogens with zero attached hydrogens (tertiary/aromatic N) is 2. The number of ether oxygens (including phenoxy) is 1. The van der Waals surface area contributed by atoms with Gasteiger partial charge in [0.05, 0.1) is 10.5 Å². The molecule has 7 heteroatoms. The molecule has 2 heterocycles. The van der Waals surface area contributed by atoms with Crippen molar-refractivity contribution < 1.29 is 18.3 Å². The van der Waals surface area contributed by atoms with Gasteiger partial charge in [-0.15, -0.1) is 0 Å². The molecular weight excluding hydrogens is 410 g/mol. The fourth-order valence-corrected chi connectivity index (χ4v) is 3.68. The van der Waals surface area contributed by atoms with E-state index in [0.29, 0.717) is 23.9 Å². The molecule has 0 saturated heterocycles. The maximum Gasteiger partial charge on any atom is 0.227 e. The molecule has 154 valence electrons. The molecule has 0 bridgehead atoms. The van der Waals surface area contributed by atoms with Crippen LogP contribution in [0.1, 0.15) is 22.8 Å². The second-order valence-corrected chi connectivity index (χ2v) is 7.50. The number of fused-ring (bicyclic) bond motifs is 1. The van der Waals surface area contributed by atoms with E-state index < -0.39 is 11.6 Å². The van der Waals surface area contributed by atoms with Crippen LogP contribution in [0.3, 0.4) is 0 Å². The van der Waals surface area contributed by atoms with E-state index in [0.717, 1.165) is 22.5 Å². The highest BCUT2D eigenvalue weighted by Crippen LogP contribution is 2.25. The summed E-state index contributed by atoms with van der Waals surface area (Å²) < 4.78 is 34.0. The number of halogens is 3. The van der Waals surface area contributed by atoms with Gasteiger partial charge in [-0.3, -0.25) is 9.36 Å². The SMILES string of the molecule is CC(=O)n1ccc2cc(CN3C=C(Cl)C(OCc4ccc(F)cc4F)=CC3)ccc21. The highest BCUT2D eigenvalue weighted by molar-refractivity contribution is 6.31. The van der Waals surface area contributed by atoms with Gasteiger partial charge in [-0.25, -0.2) is 8.78 Å². The average Bonchev–Trinajstić information content (AvgIpc) is 3.12. The molecule has 0 saturated carbocycles. The van der Waals surface area contributed by atoms with Gasteiger partial charge in [0, 0.05) is 49.4 Å². The van der Waals surface area contributed by atoms with Crippen molar-refractivity contribution >= 4 is 28.4 Å². The lowest BCUT2D eigenvalue weighted by molar-refractivity contribution is 0.0941. The van der Waals surface area contributed by atoms with Crippen LogP contribution in [0.25, 0.3) is 10.9 Å². The zero-order valence-electron chi connectivity index (χ0n) is 16.2. The molecule has 1 aliphatic rings. The van der Waals surface area contributed by atoms with Crippen LogP contribution in [-0.4, -0.2) is 21.9 Å². The minimum atomic E-state index is -0.651. The molecule has 0 fully saturated rings. The summed E-state index contributed by atoms with van der Waals surface area (Å²) >= 11 is 6.34. The van der Waals surface area contributed by atoms with Gasteiger partial charge < -0.3 is 9.64 Å². The first kappa shape index (κ1) is 20.2. The molecule has 0 atom stereocenters. The van der Waals surface area contributed by atoms with Crippen LogP contribution in [0.4, 0.5) is 8.78 Å². The Morgan fingerprint density at radius 3 is 2.73 bits per heavy atom. The molecule has 2 aromatic carbocycles. The van der Waals surface area contributed by atoms with E-state index in [9.17, 15) is 13.6 Å². The summed E-state index contributed by atoms with van der Waals surface area (Å²) in [6.07, 6.45) is 5.38. The van der Waals surface area contributed by atoms with E-state index in [4.69, 9.17) is 16.3 Å². The quantitative estimate of drug-likeness (QED) is 0.532. The van der Waals surface area contributed by atoms with Crippen molar-refractivity contribution in [1.82, 2.24) is 9.47 Å². The Labute approximate surface area is 177 Å². The van der Waals surface area contributed by atoms with Crippen LogP contribution in [0.5, 0.6) is 0 Å². The van der Waals surface area contributed by atoms with E-state index in [1.165, 1.54) is 19.1 Å². The Morgan fingerprint density at radius 1 is 1.17 bits per heavy atom. The summed E-state index contributed by atoms with van der Waals surface area (Å²) in [6.45, 7) is 2.70. The molecule has 0 unspecified atom stereocenters. The number of hydrogen-bond acceptors (Lipinski definition) is 3. The van der Waals surface area contributed by atoms with Gasteiger partial charge in [0.1, 0.15) is 24.0 Å². The molecule has 3 aromatic rings. The summed E-state index contributed by atoms with van der Waals surface area (Å²) in [5.41, 5.74) is 2.22. The third-order valence-electron chi connectivity index (χ3n) is 4.92. The summed E-state index contributed by atoms with van der Waals surface area (Å²) in [6, 6.07) is 11.3. The lowest BCUT2D eigenvalue weighted by Gasteiger charge is -2.24. The van der Waals surface area contributed by atoms with Crippen molar-refractivity contribution in [3.8, 4) is 0 Å². The van der Waals surface area contributed by atoms with E-state index in [1.54, 1.807) is 17.0 Å². The molecule has 0 radical (unpaired) electrons. The van der Waals surface area contributed by atoms with Crippen molar-refractivity contribution in [1.29, 1.82) is 0 Å². The molecule has 4 nitrogen and oxygen atoms in total. The van der Waals surface area contributed by atoms with Gasteiger partial charge in [-0.05, 0) is 42.0 Å². The molecular formula is C23H19ClF2N2O2. The highest BCUT2D eigenvalue weighted by Gasteiger charge is 2.15. The molecule has 0 spiro atoms. The van der Waals surface area contributed by atoms with E-state index in [-0.39, 0.29) is 18.1 Å². The van der Waals surface area contributed by atoms with Gasteiger partial charge in [0.25, 0.3) is 0 Å². The Kier molecular flexibility index (Phi) is 5.59. The van der Waals surface area contributed by atoms with Crippen molar-refractivity contribution in [3.05, 3.63) is 94.5 Å². The van der Waals surface area contributed by atoms with Gasteiger partial charge in [0.15, 0.2) is 0 Å². The topological polar surface area (TPSA) is 34.5 Å². The van der Waals surface area contributed by atoms with Crippen LogP contribution in [-0.2, 0) is 17.9 Å². The van der Waals surface area contributed by atoms with Crippen LogP contribution >= 0.6 is 11.6 Å². The standard InChI is InChI=1S/C23H19ClF2N2O2/c1-15(29)28-9-6-17-10-16(2-5-22(17)28)12-27-8-7-23(20(24)13-27)30-14-18-3-4-19(25)11-21(18)26/h2-7,9-11,13H,8,12,14H2,1H3. The fourth-order valence-electron chi connectivity index (χ4n) is 3.41. The van der Waals surface area contributed by atoms with E-state index in [1.807, 2.05) is 35.2 Å². The highest BCUT2D eigenvalue weighted by atomic mass is 35.5. The first-order chi connectivity index (χ1) is 14.4. The molecule has 0 aliphatic carbocycles.